The van der Waals surface area contributed by atoms with E-state index >= 15 is 0 Å². The fourth-order valence-corrected chi connectivity index (χ4v) is 2.69. The zero-order valence-electron chi connectivity index (χ0n) is 11.7. The third-order valence-corrected chi connectivity index (χ3v) is 4.36. The third kappa shape index (κ3) is 4.92. The number of nitrogens with zero attached hydrogens (tertiary/aromatic N) is 1. The quantitative estimate of drug-likeness (QED) is 0.724. The SMILES string of the molecule is CCN(CC(C)C(N)=S)C(=O)CCC1CCCC1. The second kappa shape index (κ2) is 7.72. The van der Waals surface area contributed by atoms with Crippen molar-refractivity contribution in [1.82, 2.24) is 4.90 Å². The van der Waals surface area contributed by atoms with Gasteiger partial charge in [-0.2, -0.15) is 0 Å². The van der Waals surface area contributed by atoms with Crippen LogP contribution in [0.4, 0.5) is 0 Å². The van der Waals surface area contributed by atoms with Crippen LogP contribution in [0, 0.1) is 11.8 Å². The van der Waals surface area contributed by atoms with E-state index in [1.807, 2.05) is 18.7 Å². The maximum absolute atomic E-state index is 12.1. The van der Waals surface area contributed by atoms with Crippen LogP contribution in [-0.2, 0) is 4.79 Å². The molecule has 0 aromatic heterocycles. The van der Waals surface area contributed by atoms with Gasteiger partial charge in [-0.05, 0) is 19.3 Å². The van der Waals surface area contributed by atoms with Crippen molar-refractivity contribution in [3.63, 3.8) is 0 Å². The number of rotatable bonds is 7. The summed E-state index contributed by atoms with van der Waals surface area (Å²) < 4.78 is 0. The van der Waals surface area contributed by atoms with Gasteiger partial charge in [0.05, 0.1) is 4.99 Å². The standard InChI is InChI=1S/C14H26N2OS/c1-3-16(10-11(2)14(15)18)13(17)9-8-12-6-4-5-7-12/h11-12H,3-10H2,1-2H3,(H2,15,18). The Labute approximate surface area is 116 Å². The molecule has 1 atom stereocenters. The number of carbonyl (C=O) groups excluding carboxylic acids is 1. The lowest BCUT2D eigenvalue weighted by atomic mass is 10.0. The third-order valence-electron chi connectivity index (χ3n) is 3.96. The lowest BCUT2D eigenvalue weighted by Crippen LogP contribution is -2.38. The Balaban J connectivity index is 2.33. The van der Waals surface area contributed by atoms with Gasteiger partial charge in [-0.1, -0.05) is 44.8 Å². The van der Waals surface area contributed by atoms with E-state index in [4.69, 9.17) is 18.0 Å². The minimum Gasteiger partial charge on any atom is -0.393 e. The summed E-state index contributed by atoms with van der Waals surface area (Å²) in [5.74, 6) is 1.14. The molecule has 18 heavy (non-hydrogen) atoms. The zero-order valence-corrected chi connectivity index (χ0v) is 12.5. The van der Waals surface area contributed by atoms with Crippen LogP contribution in [0.2, 0.25) is 0 Å². The number of thiocarbonyl (C=S) groups is 1. The molecule has 1 fully saturated rings. The molecular weight excluding hydrogens is 244 g/mol. The highest BCUT2D eigenvalue weighted by molar-refractivity contribution is 7.80. The molecule has 1 aliphatic carbocycles. The molecule has 0 spiro atoms. The van der Waals surface area contributed by atoms with Gasteiger partial charge in [0, 0.05) is 25.4 Å². The Bertz CT molecular complexity index is 288. The van der Waals surface area contributed by atoms with E-state index in [0.717, 1.165) is 18.9 Å². The summed E-state index contributed by atoms with van der Waals surface area (Å²) in [5.41, 5.74) is 5.61. The molecule has 1 saturated carbocycles. The summed E-state index contributed by atoms with van der Waals surface area (Å²) in [7, 11) is 0. The molecule has 0 bridgehead atoms. The number of carbonyl (C=O) groups is 1. The van der Waals surface area contributed by atoms with Crippen molar-refractivity contribution < 1.29 is 4.79 Å². The van der Waals surface area contributed by atoms with Gasteiger partial charge in [0.25, 0.3) is 0 Å². The predicted molar refractivity (Wildman–Crippen MR) is 79.4 cm³/mol. The zero-order chi connectivity index (χ0) is 13.5. The molecule has 1 rings (SSSR count). The normalized spacial score (nSPS) is 17.7. The van der Waals surface area contributed by atoms with Crippen molar-refractivity contribution in [2.24, 2.45) is 17.6 Å². The molecule has 0 aromatic carbocycles. The van der Waals surface area contributed by atoms with Crippen LogP contribution in [-0.4, -0.2) is 28.9 Å². The first-order chi connectivity index (χ1) is 8.54. The molecule has 0 heterocycles. The Morgan fingerprint density at radius 2 is 2.06 bits per heavy atom. The van der Waals surface area contributed by atoms with Gasteiger partial charge in [0.2, 0.25) is 5.91 Å². The van der Waals surface area contributed by atoms with E-state index in [9.17, 15) is 4.79 Å². The van der Waals surface area contributed by atoms with Gasteiger partial charge >= 0.3 is 0 Å². The summed E-state index contributed by atoms with van der Waals surface area (Å²) >= 11 is 4.96. The molecule has 4 heteroatoms. The van der Waals surface area contributed by atoms with E-state index in [-0.39, 0.29) is 11.8 Å². The fourth-order valence-electron chi connectivity index (χ4n) is 2.61. The Hall–Kier alpha value is -0.640. The van der Waals surface area contributed by atoms with Crippen molar-refractivity contribution in [3.8, 4) is 0 Å². The summed E-state index contributed by atoms with van der Waals surface area (Å²) in [5, 5.41) is 0. The van der Waals surface area contributed by atoms with Crippen molar-refractivity contribution in [2.45, 2.75) is 52.4 Å². The minimum atomic E-state index is 0.107. The van der Waals surface area contributed by atoms with Gasteiger partial charge in [-0.15, -0.1) is 0 Å². The molecule has 2 N–H and O–H groups in total. The van der Waals surface area contributed by atoms with Crippen molar-refractivity contribution in [3.05, 3.63) is 0 Å². The highest BCUT2D eigenvalue weighted by atomic mass is 32.1. The molecule has 0 aromatic rings. The minimum absolute atomic E-state index is 0.107. The van der Waals surface area contributed by atoms with Crippen LogP contribution in [0.1, 0.15) is 52.4 Å². The molecule has 1 aliphatic rings. The van der Waals surface area contributed by atoms with Crippen LogP contribution < -0.4 is 5.73 Å². The van der Waals surface area contributed by atoms with Crippen LogP contribution in [0.3, 0.4) is 0 Å². The predicted octanol–water partition coefficient (Wildman–Crippen LogP) is 2.73. The topological polar surface area (TPSA) is 46.3 Å². The van der Waals surface area contributed by atoms with E-state index in [1.54, 1.807) is 0 Å². The van der Waals surface area contributed by atoms with Gasteiger partial charge in [0.15, 0.2) is 0 Å². The molecule has 0 radical (unpaired) electrons. The summed E-state index contributed by atoms with van der Waals surface area (Å²) in [6, 6.07) is 0. The second-order valence-corrected chi connectivity index (χ2v) is 5.90. The van der Waals surface area contributed by atoms with Crippen molar-refractivity contribution in [1.29, 1.82) is 0 Å². The summed E-state index contributed by atoms with van der Waals surface area (Å²) in [6.45, 7) is 5.40. The maximum atomic E-state index is 12.1. The van der Waals surface area contributed by atoms with Gasteiger partial charge in [-0.3, -0.25) is 4.79 Å². The van der Waals surface area contributed by atoms with Gasteiger partial charge in [0.1, 0.15) is 0 Å². The first-order valence-electron chi connectivity index (χ1n) is 7.11. The first-order valence-corrected chi connectivity index (χ1v) is 7.52. The number of hydrogen-bond acceptors (Lipinski definition) is 2. The van der Waals surface area contributed by atoms with Gasteiger partial charge in [-0.25, -0.2) is 0 Å². The van der Waals surface area contributed by atoms with Crippen molar-refractivity contribution >= 4 is 23.1 Å². The molecule has 104 valence electrons. The molecule has 3 nitrogen and oxygen atoms in total. The Morgan fingerprint density at radius 1 is 1.44 bits per heavy atom. The lowest BCUT2D eigenvalue weighted by molar-refractivity contribution is -0.131. The number of amides is 1. The van der Waals surface area contributed by atoms with E-state index < -0.39 is 0 Å². The van der Waals surface area contributed by atoms with Crippen LogP contribution in [0.5, 0.6) is 0 Å². The summed E-state index contributed by atoms with van der Waals surface area (Å²) in [6.07, 6.45) is 7.04. The number of nitrogens with two attached hydrogens (primary N) is 1. The van der Waals surface area contributed by atoms with Crippen LogP contribution in [0.25, 0.3) is 0 Å². The molecule has 1 unspecified atom stereocenters. The molecule has 1 amide bonds. The van der Waals surface area contributed by atoms with Gasteiger partial charge < -0.3 is 10.6 Å². The van der Waals surface area contributed by atoms with Crippen LogP contribution >= 0.6 is 12.2 Å². The van der Waals surface area contributed by atoms with E-state index in [2.05, 4.69) is 0 Å². The average Bonchev–Trinajstić information content (AvgIpc) is 2.85. The highest BCUT2D eigenvalue weighted by Gasteiger charge is 2.20. The van der Waals surface area contributed by atoms with Crippen LogP contribution in [0.15, 0.2) is 0 Å². The maximum Gasteiger partial charge on any atom is 0.222 e. The largest absolute Gasteiger partial charge is 0.393 e. The fraction of sp³-hybridized carbons (Fsp3) is 0.857. The van der Waals surface area contributed by atoms with Crippen molar-refractivity contribution in [2.75, 3.05) is 13.1 Å². The molecule has 0 saturated heterocycles. The average molecular weight is 270 g/mol. The number of hydrogen-bond donors (Lipinski definition) is 1. The lowest BCUT2D eigenvalue weighted by Gasteiger charge is -2.24. The van der Waals surface area contributed by atoms with E-state index in [1.165, 1.54) is 25.7 Å². The second-order valence-electron chi connectivity index (χ2n) is 5.42. The first kappa shape index (κ1) is 15.4. The molecule has 0 aliphatic heterocycles. The van der Waals surface area contributed by atoms with E-state index in [0.29, 0.717) is 18.0 Å². The molecular formula is C14H26N2OS. The Morgan fingerprint density at radius 3 is 2.56 bits per heavy atom. The Kier molecular flexibility index (Phi) is 6.61. The highest BCUT2D eigenvalue weighted by Crippen LogP contribution is 2.28. The monoisotopic (exact) mass is 270 g/mol. The summed E-state index contributed by atoms with van der Waals surface area (Å²) in [4.78, 5) is 14.5. The smallest absolute Gasteiger partial charge is 0.222 e.